The molecule has 0 N–H and O–H groups in total. The number of anilines is 1. The Morgan fingerprint density at radius 2 is 2.00 bits per heavy atom. The van der Waals surface area contributed by atoms with Crippen molar-refractivity contribution in [3.8, 4) is 5.88 Å². The van der Waals surface area contributed by atoms with Crippen LogP contribution in [0.25, 0.3) is 0 Å². The lowest BCUT2D eigenvalue weighted by Gasteiger charge is -2.33. The number of hydrogen-bond donors (Lipinski definition) is 0. The maximum Gasteiger partial charge on any atom is 0.362 e. The standard InChI is InChI=1S/C11H15N3O2/c1-8-9(15)13-6-2-4-12-5-3-7-14(10(8)16)11(12)13/h2-7H2,1H3. The molecule has 0 spiro atoms. The molecule has 16 heavy (non-hydrogen) atoms. The summed E-state index contributed by atoms with van der Waals surface area (Å²) in [5.74, 6) is 0.723. The molecule has 0 aliphatic carbocycles. The fraction of sp³-hybridized carbons (Fsp3) is 0.636. The van der Waals surface area contributed by atoms with E-state index in [1.807, 2.05) is 0 Å². The molecule has 0 unspecified atom stereocenters. The molecule has 3 heterocycles. The molecule has 0 amide bonds. The van der Waals surface area contributed by atoms with Gasteiger partial charge in [-0.1, -0.05) is 0 Å². The third kappa shape index (κ3) is 1.11. The van der Waals surface area contributed by atoms with Crippen LogP contribution in [0.15, 0.2) is 4.79 Å². The van der Waals surface area contributed by atoms with Crippen molar-refractivity contribution in [2.75, 3.05) is 18.0 Å². The molecule has 0 radical (unpaired) electrons. The van der Waals surface area contributed by atoms with E-state index in [9.17, 15) is 9.90 Å². The summed E-state index contributed by atoms with van der Waals surface area (Å²) in [5, 5.41) is 12.0. The molecule has 5 nitrogen and oxygen atoms in total. The van der Waals surface area contributed by atoms with E-state index in [4.69, 9.17) is 0 Å². The van der Waals surface area contributed by atoms with Crippen LogP contribution in [0.4, 0.5) is 5.95 Å². The Kier molecular flexibility index (Phi) is 1.96. The minimum absolute atomic E-state index is 0.108. The van der Waals surface area contributed by atoms with Crippen molar-refractivity contribution in [1.82, 2.24) is 4.57 Å². The van der Waals surface area contributed by atoms with Gasteiger partial charge in [0.1, 0.15) is 0 Å². The van der Waals surface area contributed by atoms with Crippen LogP contribution in [0.5, 0.6) is 5.88 Å². The lowest BCUT2D eigenvalue weighted by molar-refractivity contribution is -0.732. The summed E-state index contributed by atoms with van der Waals surface area (Å²) >= 11 is 0. The molecule has 2 aliphatic heterocycles. The highest BCUT2D eigenvalue weighted by Gasteiger charge is 2.33. The number of hydrogen-bond acceptors (Lipinski definition) is 3. The van der Waals surface area contributed by atoms with E-state index in [0.29, 0.717) is 5.56 Å². The summed E-state index contributed by atoms with van der Waals surface area (Å²) in [7, 11) is 0. The topological polar surface area (TPSA) is 52.2 Å². The summed E-state index contributed by atoms with van der Waals surface area (Å²) < 4.78 is 3.53. The van der Waals surface area contributed by atoms with Gasteiger partial charge in [-0.2, -0.15) is 4.57 Å². The van der Waals surface area contributed by atoms with Crippen LogP contribution in [-0.4, -0.2) is 17.7 Å². The SMILES string of the molecule is Cc1c([O-])[n+]2c3n(c1=O)CCCN3CCC2. The zero-order valence-electron chi connectivity index (χ0n) is 9.40. The molecule has 1 aromatic heterocycles. The van der Waals surface area contributed by atoms with E-state index in [2.05, 4.69) is 4.90 Å². The largest absolute Gasteiger partial charge is 0.848 e. The fourth-order valence-corrected chi connectivity index (χ4v) is 2.72. The quantitative estimate of drug-likeness (QED) is 0.535. The first kappa shape index (κ1) is 9.69. The predicted molar refractivity (Wildman–Crippen MR) is 56.5 cm³/mol. The van der Waals surface area contributed by atoms with Crippen LogP contribution in [0, 0.1) is 6.92 Å². The molecule has 0 aromatic carbocycles. The van der Waals surface area contributed by atoms with Gasteiger partial charge in [0.05, 0.1) is 31.7 Å². The third-order valence-electron chi connectivity index (χ3n) is 3.52. The zero-order valence-corrected chi connectivity index (χ0v) is 9.40. The highest BCUT2D eigenvalue weighted by Crippen LogP contribution is 2.21. The van der Waals surface area contributed by atoms with Crippen molar-refractivity contribution < 1.29 is 9.67 Å². The van der Waals surface area contributed by atoms with Crippen molar-refractivity contribution in [1.29, 1.82) is 0 Å². The zero-order chi connectivity index (χ0) is 11.3. The first-order valence-electron chi connectivity index (χ1n) is 5.79. The summed E-state index contributed by atoms with van der Waals surface area (Å²) in [5.41, 5.74) is 0.246. The van der Waals surface area contributed by atoms with Gasteiger partial charge in [-0.3, -0.25) is 9.69 Å². The molecule has 0 bridgehead atoms. The Balaban J connectivity index is 2.36. The van der Waals surface area contributed by atoms with Crippen LogP contribution >= 0.6 is 0 Å². The number of aromatic nitrogens is 2. The van der Waals surface area contributed by atoms with Crippen LogP contribution < -0.4 is 20.1 Å². The number of rotatable bonds is 0. The maximum absolute atomic E-state index is 12.0. The summed E-state index contributed by atoms with van der Waals surface area (Å²) in [4.78, 5) is 14.2. The van der Waals surface area contributed by atoms with Gasteiger partial charge in [-0.05, 0) is 6.92 Å². The summed E-state index contributed by atoms with van der Waals surface area (Å²) in [6.07, 6.45) is 1.98. The summed E-state index contributed by atoms with van der Waals surface area (Å²) in [6, 6.07) is 0. The van der Waals surface area contributed by atoms with Crippen molar-refractivity contribution in [3.05, 3.63) is 15.9 Å². The van der Waals surface area contributed by atoms with E-state index in [-0.39, 0.29) is 11.4 Å². The molecule has 3 rings (SSSR count). The molecule has 86 valence electrons. The van der Waals surface area contributed by atoms with Crippen molar-refractivity contribution >= 4 is 5.95 Å². The minimum Gasteiger partial charge on any atom is -0.848 e. The average molecular weight is 221 g/mol. The fourth-order valence-electron chi connectivity index (χ4n) is 2.72. The summed E-state index contributed by atoms with van der Waals surface area (Å²) in [6.45, 7) is 5.04. The molecule has 5 heteroatoms. The van der Waals surface area contributed by atoms with Gasteiger partial charge >= 0.3 is 11.5 Å². The first-order valence-corrected chi connectivity index (χ1v) is 5.79. The molecule has 2 aliphatic rings. The van der Waals surface area contributed by atoms with Gasteiger partial charge < -0.3 is 5.11 Å². The van der Waals surface area contributed by atoms with Gasteiger partial charge in [-0.15, -0.1) is 0 Å². The second-order valence-electron chi connectivity index (χ2n) is 4.53. The minimum atomic E-state index is -0.108. The predicted octanol–water partition coefficient (Wildman–Crippen LogP) is -0.868. The molecule has 0 fully saturated rings. The Bertz CT molecular complexity index is 505. The lowest BCUT2D eigenvalue weighted by atomic mass is 10.2. The van der Waals surface area contributed by atoms with Crippen LogP contribution in [0.2, 0.25) is 0 Å². The highest BCUT2D eigenvalue weighted by atomic mass is 16.3. The van der Waals surface area contributed by atoms with E-state index in [0.717, 1.165) is 45.0 Å². The molecule has 0 atom stereocenters. The van der Waals surface area contributed by atoms with Crippen LogP contribution in [-0.2, 0) is 13.1 Å². The second-order valence-corrected chi connectivity index (χ2v) is 4.53. The highest BCUT2D eigenvalue weighted by molar-refractivity contribution is 5.32. The Labute approximate surface area is 93.5 Å². The van der Waals surface area contributed by atoms with Gasteiger partial charge in [0.25, 0.3) is 0 Å². The smallest absolute Gasteiger partial charge is 0.362 e. The van der Waals surface area contributed by atoms with Gasteiger partial charge in [0.15, 0.2) is 0 Å². The Morgan fingerprint density at radius 3 is 2.81 bits per heavy atom. The first-order chi connectivity index (χ1) is 7.70. The number of nitrogens with zero attached hydrogens (tertiary/aromatic N) is 3. The maximum atomic E-state index is 12.0. The second kappa shape index (κ2) is 3.23. The van der Waals surface area contributed by atoms with E-state index in [1.165, 1.54) is 0 Å². The normalized spacial score (nSPS) is 18.4. The molecule has 0 saturated heterocycles. The Hall–Kier alpha value is -1.52. The molecular formula is C11H15N3O2. The third-order valence-corrected chi connectivity index (χ3v) is 3.52. The monoisotopic (exact) mass is 221 g/mol. The van der Waals surface area contributed by atoms with E-state index in [1.54, 1.807) is 16.1 Å². The Morgan fingerprint density at radius 1 is 1.25 bits per heavy atom. The van der Waals surface area contributed by atoms with E-state index >= 15 is 0 Å². The van der Waals surface area contributed by atoms with Crippen molar-refractivity contribution in [2.24, 2.45) is 0 Å². The lowest BCUT2D eigenvalue weighted by Crippen LogP contribution is -2.57. The van der Waals surface area contributed by atoms with E-state index < -0.39 is 0 Å². The van der Waals surface area contributed by atoms with Gasteiger partial charge in [-0.25, -0.2) is 4.57 Å². The van der Waals surface area contributed by atoms with Crippen molar-refractivity contribution in [2.45, 2.75) is 32.9 Å². The van der Waals surface area contributed by atoms with Crippen molar-refractivity contribution in [3.63, 3.8) is 0 Å². The molecule has 0 saturated carbocycles. The van der Waals surface area contributed by atoms with Crippen LogP contribution in [0.1, 0.15) is 18.4 Å². The average Bonchev–Trinajstić information content (AvgIpc) is 2.33. The van der Waals surface area contributed by atoms with Crippen LogP contribution in [0.3, 0.4) is 0 Å². The molecular weight excluding hydrogens is 206 g/mol. The van der Waals surface area contributed by atoms with Gasteiger partial charge in [0.2, 0.25) is 0 Å². The van der Waals surface area contributed by atoms with Gasteiger partial charge in [0, 0.05) is 18.7 Å². The molecule has 1 aromatic rings.